The van der Waals surface area contributed by atoms with Crippen molar-refractivity contribution in [1.82, 2.24) is 4.57 Å². The Kier molecular flexibility index (Phi) is 3.04. The van der Waals surface area contributed by atoms with E-state index >= 15 is 0 Å². The highest BCUT2D eigenvalue weighted by molar-refractivity contribution is 5.85. The van der Waals surface area contributed by atoms with Crippen molar-refractivity contribution >= 4 is 11.0 Å². The van der Waals surface area contributed by atoms with Crippen LogP contribution in [0.3, 0.4) is 0 Å². The number of ether oxygens (including phenoxy) is 1. The molecule has 0 saturated heterocycles. The van der Waals surface area contributed by atoms with Crippen molar-refractivity contribution < 1.29 is 13.9 Å². The van der Waals surface area contributed by atoms with Crippen LogP contribution in [0.5, 0.6) is 11.5 Å². The Balaban J connectivity index is 1.67. The summed E-state index contributed by atoms with van der Waals surface area (Å²) in [6, 6.07) is 28.4. The van der Waals surface area contributed by atoms with E-state index in [-0.39, 0.29) is 0 Å². The third-order valence-electron chi connectivity index (χ3n) is 7.48. The first kappa shape index (κ1) is 17.6. The molecule has 0 N–H and O–H groups in total. The molecular formula is C29H23N3O+2. The van der Waals surface area contributed by atoms with Crippen LogP contribution in [0.2, 0.25) is 0 Å². The molecule has 3 aliphatic heterocycles. The summed E-state index contributed by atoms with van der Waals surface area (Å²) in [7, 11) is 0. The number of nitrogens with zero attached hydrogens (tertiary/aromatic N) is 3. The molecule has 0 bridgehead atoms. The summed E-state index contributed by atoms with van der Waals surface area (Å²) >= 11 is 0. The van der Waals surface area contributed by atoms with Gasteiger partial charge < -0.3 is 4.74 Å². The van der Waals surface area contributed by atoms with Crippen molar-refractivity contribution in [2.75, 3.05) is 0 Å². The maximum Gasteiger partial charge on any atom is 0.347 e. The van der Waals surface area contributed by atoms with Crippen LogP contribution in [0.4, 0.5) is 0 Å². The molecule has 4 nitrogen and oxygen atoms in total. The smallest absolute Gasteiger partial charge is 0.347 e. The predicted molar refractivity (Wildman–Crippen MR) is 126 cm³/mol. The number of aromatic nitrogens is 3. The van der Waals surface area contributed by atoms with Crippen LogP contribution in [-0.4, -0.2) is 4.57 Å². The van der Waals surface area contributed by atoms with Gasteiger partial charge in [0.1, 0.15) is 0 Å². The lowest BCUT2D eigenvalue weighted by molar-refractivity contribution is -0.733. The molecule has 2 aromatic heterocycles. The second-order valence-electron chi connectivity index (χ2n) is 9.75. The monoisotopic (exact) mass is 429 g/mol. The molecule has 1 unspecified atom stereocenters. The minimum absolute atomic E-state index is 0.447. The molecule has 158 valence electrons. The van der Waals surface area contributed by atoms with E-state index in [9.17, 15) is 0 Å². The second-order valence-corrected chi connectivity index (χ2v) is 9.75. The topological polar surface area (TPSA) is 21.9 Å². The van der Waals surface area contributed by atoms with Gasteiger partial charge in [-0.1, -0.05) is 44.2 Å². The van der Waals surface area contributed by atoms with Gasteiger partial charge in [0.05, 0.1) is 23.2 Å². The SMILES string of the molecule is CC(C)Cn1c2[n+]3c4c(cccc41)Oc1cccc(c1-3)C21c2ccccc2-c2cccc[n+]21. The first-order valence-electron chi connectivity index (χ1n) is 11.7. The van der Waals surface area contributed by atoms with Crippen LogP contribution < -0.4 is 13.9 Å². The van der Waals surface area contributed by atoms with Gasteiger partial charge in [0.15, 0.2) is 28.9 Å². The number of para-hydroxylation sites is 2. The van der Waals surface area contributed by atoms with E-state index in [0.29, 0.717) is 5.92 Å². The summed E-state index contributed by atoms with van der Waals surface area (Å²) in [5, 5.41) is 0. The van der Waals surface area contributed by atoms with E-state index in [4.69, 9.17) is 4.74 Å². The van der Waals surface area contributed by atoms with E-state index in [1.807, 2.05) is 0 Å². The molecule has 0 fully saturated rings. The van der Waals surface area contributed by atoms with E-state index < -0.39 is 5.54 Å². The molecule has 5 aromatic rings. The highest BCUT2D eigenvalue weighted by atomic mass is 16.5. The zero-order valence-electron chi connectivity index (χ0n) is 18.6. The number of rotatable bonds is 2. The molecule has 5 heterocycles. The number of pyridine rings is 1. The molecule has 3 aliphatic rings. The minimum atomic E-state index is -0.447. The van der Waals surface area contributed by atoms with Gasteiger partial charge >= 0.3 is 11.4 Å². The number of fused-ring (bicyclic) bond motifs is 7. The van der Waals surface area contributed by atoms with Crippen molar-refractivity contribution in [3.05, 3.63) is 102 Å². The second kappa shape index (κ2) is 5.70. The maximum atomic E-state index is 6.52. The Bertz CT molecular complexity index is 1610. The van der Waals surface area contributed by atoms with Crippen LogP contribution in [0.25, 0.3) is 28.0 Å². The molecule has 1 atom stereocenters. The van der Waals surface area contributed by atoms with Crippen molar-refractivity contribution in [2.24, 2.45) is 5.92 Å². The average Bonchev–Trinajstić information content (AvgIpc) is 3.43. The van der Waals surface area contributed by atoms with Gasteiger partial charge in [0.25, 0.3) is 0 Å². The van der Waals surface area contributed by atoms with Gasteiger partial charge in [0.2, 0.25) is 11.2 Å². The summed E-state index contributed by atoms with van der Waals surface area (Å²) in [4.78, 5) is 0. The molecule has 4 heteroatoms. The van der Waals surface area contributed by atoms with Crippen LogP contribution in [0, 0.1) is 5.92 Å². The lowest BCUT2D eigenvalue weighted by atomic mass is 9.83. The zero-order chi connectivity index (χ0) is 21.9. The molecule has 0 radical (unpaired) electrons. The molecule has 0 saturated carbocycles. The summed E-state index contributed by atoms with van der Waals surface area (Å²) < 4.78 is 14.0. The number of imidazole rings is 1. The Hall–Kier alpha value is -3.92. The summed E-state index contributed by atoms with van der Waals surface area (Å²) in [5.41, 5.74) is 8.30. The number of hydrogen-bond donors (Lipinski definition) is 0. The third-order valence-corrected chi connectivity index (χ3v) is 7.48. The quantitative estimate of drug-likeness (QED) is 0.351. The van der Waals surface area contributed by atoms with Crippen molar-refractivity contribution in [1.29, 1.82) is 0 Å². The molecule has 33 heavy (non-hydrogen) atoms. The van der Waals surface area contributed by atoms with Gasteiger partial charge in [-0.2, -0.15) is 9.13 Å². The van der Waals surface area contributed by atoms with E-state index in [1.54, 1.807) is 0 Å². The lowest BCUT2D eigenvalue weighted by Gasteiger charge is -2.20. The highest BCUT2D eigenvalue weighted by Crippen LogP contribution is 2.54. The summed E-state index contributed by atoms with van der Waals surface area (Å²) in [6.45, 7) is 5.54. The number of benzene rings is 3. The zero-order valence-corrected chi connectivity index (χ0v) is 18.6. The summed E-state index contributed by atoms with van der Waals surface area (Å²) in [5.74, 6) is 3.67. The minimum Gasteiger partial charge on any atom is -0.448 e. The first-order chi connectivity index (χ1) is 16.2. The fourth-order valence-corrected chi connectivity index (χ4v) is 6.48. The Labute approximate surface area is 191 Å². The van der Waals surface area contributed by atoms with Gasteiger partial charge in [0, 0.05) is 12.1 Å². The Morgan fingerprint density at radius 1 is 0.848 bits per heavy atom. The molecule has 8 rings (SSSR count). The van der Waals surface area contributed by atoms with Crippen molar-refractivity contribution in [3.63, 3.8) is 0 Å². The van der Waals surface area contributed by atoms with E-state index in [2.05, 4.69) is 113 Å². The molecule has 0 aliphatic carbocycles. The van der Waals surface area contributed by atoms with Crippen molar-refractivity contribution in [2.45, 2.75) is 25.9 Å². The number of hydrogen-bond acceptors (Lipinski definition) is 1. The fraction of sp³-hybridized carbons (Fsp3) is 0.172. The highest BCUT2D eigenvalue weighted by Gasteiger charge is 2.68. The van der Waals surface area contributed by atoms with Crippen molar-refractivity contribution in [3.8, 4) is 28.4 Å². The van der Waals surface area contributed by atoms with E-state index in [0.717, 1.165) is 18.0 Å². The fourth-order valence-electron chi connectivity index (χ4n) is 6.48. The third kappa shape index (κ3) is 1.83. The van der Waals surface area contributed by atoms with Crippen LogP contribution in [0.15, 0.2) is 85.1 Å². The molecule has 1 spiro atoms. The van der Waals surface area contributed by atoms with Gasteiger partial charge in [-0.25, -0.2) is 4.57 Å². The maximum absolute atomic E-state index is 6.52. The molecular weight excluding hydrogens is 406 g/mol. The van der Waals surface area contributed by atoms with E-state index in [1.165, 1.54) is 44.9 Å². The Morgan fingerprint density at radius 2 is 1.64 bits per heavy atom. The van der Waals surface area contributed by atoms with Crippen LogP contribution in [-0.2, 0) is 12.1 Å². The Morgan fingerprint density at radius 3 is 2.55 bits per heavy atom. The first-order valence-corrected chi connectivity index (χ1v) is 11.7. The lowest BCUT2D eigenvalue weighted by Crippen LogP contribution is -2.57. The largest absolute Gasteiger partial charge is 0.448 e. The predicted octanol–water partition coefficient (Wildman–Crippen LogP) is 5.10. The summed E-state index contributed by atoms with van der Waals surface area (Å²) in [6.07, 6.45) is 2.25. The molecule has 3 aromatic carbocycles. The molecule has 0 amide bonds. The van der Waals surface area contributed by atoms with Gasteiger partial charge in [-0.15, -0.1) is 0 Å². The van der Waals surface area contributed by atoms with Crippen LogP contribution >= 0.6 is 0 Å². The van der Waals surface area contributed by atoms with Gasteiger partial charge in [-0.05, 0) is 42.3 Å². The normalized spacial score (nSPS) is 18.2. The standard InChI is InChI=1S/C29H23N3O/c1-18(2)17-30-23-13-8-15-25-27(23)32-26-21(11-7-14-24(26)33-25)29(28(30)32)20-10-4-3-9-19(20)22-12-5-6-16-31(22)29/h3-16,18H,17H2,1-2H3/q+2. The van der Waals surface area contributed by atoms with Crippen LogP contribution in [0.1, 0.15) is 30.8 Å². The van der Waals surface area contributed by atoms with Gasteiger partial charge in [-0.3, -0.25) is 0 Å². The average molecular weight is 430 g/mol.